The number of anilines is 1. The van der Waals surface area contributed by atoms with Gasteiger partial charge in [-0.3, -0.25) is 14.9 Å². The van der Waals surface area contributed by atoms with Crippen LogP contribution < -0.4 is 10.6 Å². The van der Waals surface area contributed by atoms with Crippen molar-refractivity contribution in [1.29, 1.82) is 0 Å². The standard InChI is InChI=1S/C11H10Cl2N2O4/c12-6-2-1-3-7(10(6)13)14-11(19)15-8(16)4-5-9(17)18/h1-3H,4-5H2,(H,17,18)(H2,14,15,16,19). The highest BCUT2D eigenvalue weighted by molar-refractivity contribution is 6.44. The summed E-state index contributed by atoms with van der Waals surface area (Å²) in [6.07, 6.45) is -0.636. The first-order chi connectivity index (χ1) is 8.90. The van der Waals surface area contributed by atoms with Crippen molar-refractivity contribution in [3.05, 3.63) is 28.2 Å². The van der Waals surface area contributed by atoms with Crippen molar-refractivity contribution in [2.24, 2.45) is 0 Å². The summed E-state index contributed by atoms with van der Waals surface area (Å²) in [5.41, 5.74) is 0.248. The summed E-state index contributed by atoms with van der Waals surface area (Å²) in [4.78, 5) is 32.9. The molecule has 19 heavy (non-hydrogen) atoms. The van der Waals surface area contributed by atoms with Crippen LogP contribution in [0.2, 0.25) is 10.0 Å². The van der Waals surface area contributed by atoms with Crippen LogP contribution >= 0.6 is 23.2 Å². The first-order valence-electron chi connectivity index (χ1n) is 5.17. The minimum Gasteiger partial charge on any atom is -0.481 e. The summed E-state index contributed by atoms with van der Waals surface area (Å²) in [5, 5.41) is 13.1. The predicted molar refractivity (Wildman–Crippen MR) is 70.5 cm³/mol. The van der Waals surface area contributed by atoms with Crippen LogP contribution in [-0.2, 0) is 9.59 Å². The smallest absolute Gasteiger partial charge is 0.325 e. The van der Waals surface area contributed by atoms with Gasteiger partial charge in [-0.15, -0.1) is 0 Å². The van der Waals surface area contributed by atoms with Gasteiger partial charge in [0.2, 0.25) is 5.91 Å². The number of aliphatic carboxylic acids is 1. The van der Waals surface area contributed by atoms with E-state index in [2.05, 4.69) is 5.32 Å². The van der Waals surface area contributed by atoms with Gasteiger partial charge in [-0.1, -0.05) is 29.3 Å². The molecule has 0 saturated heterocycles. The third-order valence-corrected chi connectivity index (χ3v) is 2.84. The van der Waals surface area contributed by atoms with Gasteiger partial charge in [-0.2, -0.15) is 0 Å². The van der Waals surface area contributed by atoms with Gasteiger partial charge < -0.3 is 10.4 Å². The Morgan fingerprint density at radius 1 is 1.16 bits per heavy atom. The van der Waals surface area contributed by atoms with E-state index in [1.165, 1.54) is 6.07 Å². The average Bonchev–Trinajstić information content (AvgIpc) is 2.32. The van der Waals surface area contributed by atoms with Crippen LogP contribution in [0.15, 0.2) is 18.2 Å². The van der Waals surface area contributed by atoms with Crippen LogP contribution in [0, 0.1) is 0 Å². The highest BCUT2D eigenvalue weighted by Gasteiger charge is 2.12. The maximum Gasteiger partial charge on any atom is 0.325 e. The molecule has 0 aliphatic heterocycles. The number of carboxylic acid groups (broad SMARTS) is 1. The van der Waals surface area contributed by atoms with Gasteiger partial charge in [-0.25, -0.2) is 4.79 Å². The molecule has 3 N–H and O–H groups in total. The maximum atomic E-state index is 11.4. The number of carbonyl (C=O) groups excluding carboxylic acids is 2. The normalized spacial score (nSPS) is 9.79. The molecule has 6 nitrogen and oxygen atoms in total. The number of rotatable bonds is 4. The molecule has 0 unspecified atom stereocenters. The number of hydrogen-bond donors (Lipinski definition) is 3. The molecule has 0 atom stereocenters. The molecular weight excluding hydrogens is 295 g/mol. The van der Waals surface area contributed by atoms with E-state index in [0.717, 1.165) is 0 Å². The van der Waals surface area contributed by atoms with E-state index >= 15 is 0 Å². The minimum absolute atomic E-state index is 0.150. The van der Waals surface area contributed by atoms with Crippen LogP contribution in [0.4, 0.5) is 10.5 Å². The number of halogens is 2. The molecule has 1 aromatic rings. The second-order valence-corrected chi connectivity index (χ2v) is 4.28. The van der Waals surface area contributed by atoms with Gasteiger partial charge >= 0.3 is 12.0 Å². The molecule has 102 valence electrons. The first kappa shape index (κ1) is 15.3. The van der Waals surface area contributed by atoms with Gasteiger partial charge in [0.25, 0.3) is 0 Å². The van der Waals surface area contributed by atoms with Gasteiger partial charge in [0.05, 0.1) is 22.2 Å². The number of urea groups is 1. The Balaban J connectivity index is 2.53. The van der Waals surface area contributed by atoms with E-state index in [4.69, 9.17) is 28.3 Å². The number of imide groups is 1. The fraction of sp³-hybridized carbons (Fsp3) is 0.182. The van der Waals surface area contributed by atoms with Gasteiger partial charge in [0, 0.05) is 6.42 Å². The Labute approximate surface area is 118 Å². The molecule has 0 aliphatic rings. The van der Waals surface area contributed by atoms with Crippen molar-refractivity contribution < 1.29 is 19.5 Å². The zero-order chi connectivity index (χ0) is 14.4. The van der Waals surface area contributed by atoms with Crippen LogP contribution in [0.3, 0.4) is 0 Å². The molecule has 0 fully saturated rings. The van der Waals surface area contributed by atoms with Crippen LogP contribution in [0.25, 0.3) is 0 Å². The molecule has 0 saturated carbocycles. The lowest BCUT2D eigenvalue weighted by atomic mass is 10.3. The summed E-state index contributed by atoms with van der Waals surface area (Å²) in [6.45, 7) is 0. The van der Waals surface area contributed by atoms with Crippen molar-refractivity contribution in [1.82, 2.24) is 5.32 Å². The summed E-state index contributed by atoms with van der Waals surface area (Å²) in [5.74, 6) is -1.81. The SMILES string of the molecule is O=C(O)CCC(=O)NC(=O)Nc1cccc(Cl)c1Cl. The lowest BCUT2D eigenvalue weighted by molar-refractivity contribution is -0.138. The number of nitrogens with one attached hydrogen (secondary N) is 2. The molecule has 1 rings (SSSR count). The number of hydrogen-bond acceptors (Lipinski definition) is 3. The molecule has 0 heterocycles. The minimum atomic E-state index is -1.12. The van der Waals surface area contributed by atoms with Crippen molar-refractivity contribution >= 4 is 46.8 Å². The molecule has 0 aromatic heterocycles. The van der Waals surface area contributed by atoms with Gasteiger partial charge in [-0.05, 0) is 12.1 Å². The van der Waals surface area contributed by atoms with Crippen LogP contribution in [0.5, 0.6) is 0 Å². The highest BCUT2D eigenvalue weighted by atomic mass is 35.5. The van der Waals surface area contributed by atoms with E-state index in [0.29, 0.717) is 0 Å². The molecule has 8 heteroatoms. The van der Waals surface area contributed by atoms with E-state index in [9.17, 15) is 14.4 Å². The van der Waals surface area contributed by atoms with E-state index < -0.39 is 17.9 Å². The fourth-order valence-electron chi connectivity index (χ4n) is 1.16. The topological polar surface area (TPSA) is 95.5 Å². The zero-order valence-electron chi connectivity index (χ0n) is 9.57. The Kier molecular flexibility index (Phi) is 5.59. The molecule has 0 spiro atoms. The van der Waals surface area contributed by atoms with Crippen molar-refractivity contribution in [3.63, 3.8) is 0 Å². The summed E-state index contributed by atoms with van der Waals surface area (Å²) < 4.78 is 0. The van der Waals surface area contributed by atoms with E-state index in [1.807, 2.05) is 5.32 Å². The molecule has 3 amide bonds. The number of amides is 3. The second-order valence-electron chi connectivity index (χ2n) is 3.50. The third kappa shape index (κ3) is 5.15. The fourth-order valence-corrected chi connectivity index (χ4v) is 1.51. The highest BCUT2D eigenvalue weighted by Crippen LogP contribution is 2.29. The quantitative estimate of drug-likeness (QED) is 0.796. The molecule has 0 aliphatic carbocycles. The summed E-state index contributed by atoms with van der Waals surface area (Å²) in [6, 6.07) is 3.83. The van der Waals surface area contributed by atoms with Gasteiger partial charge in [0.15, 0.2) is 0 Å². The first-order valence-corrected chi connectivity index (χ1v) is 5.92. The summed E-state index contributed by atoms with van der Waals surface area (Å²) in [7, 11) is 0. The molecular formula is C11H10Cl2N2O4. The maximum absolute atomic E-state index is 11.4. The largest absolute Gasteiger partial charge is 0.481 e. The van der Waals surface area contributed by atoms with Crippen molar-refractivity contribution in [2.45, 2.75) is 12.8 Å². The average molecular weight is 305 g/mol. The van der Waals surface area contributed by atoms with Crippen molar-refractivity contribution in [2.75, 3.05) is 5.32 Å². The lowest BCUT2D eigenvalue weighted by Crippen LogP contribution is -2.34. The van der Waals surface area contributed by atoms with E-state index in [-0.39, 0.29) is 28.6 Å². The Hall–Kier alpha value is -1.79. The Morgan fingerprint density at radius 3 is 2.47 bits per heavy atom. The molecule has 0 bridgehead atoms. The van der Waals surface area contributed by atoms with Crippen molar-refractivity contribution in [3.8, 4) is 0 Å². The van der Waals surface area contributed by atoms with Crippen LogP contribution in [-0.4, -0.2) is 23.0 Å². The van der Waals surface area contributed by atoms with Gasteiger partial charge in [0.1, 0.15) is 0 Å². The molecule has 1 aromatic carbocycles. The van der Waals surface area contributed by atoms with Crippen LogP contribution in [0.1, 0.15) is 12.8 Å². The zero-order valence-corrected chi connectivity index (χ0v) is 11.1. The third-order valence-electron chi connectivity index (χ3n) is 2.02. The lowest BCUT2D eigenvalue weighted by Gasteiger charge is -2.08. The number of carboxylic acids is 1. The second kappa shape index (κ2) is 6.96. The molecule has 0 radical (unpaired) electrons. The monoisotopic (exact) mass is 304 g/mol. The summed E-state index contributed by atoms with van der Waals surface area (Å²) >= 11 is 11.6. The van der Waals surface area contributed by atoms with E-state index in [1.54, 1.807) is 12.1 Å². The Morgan fingerprint density at radius 2 is 1.84 bits per heavy atom. The Bertz CT molecular complexity index is 519. The number of carbonyl (C=O) groups is 3. The number of benzene rings is 1. The predicted octanol–water partition coefficient (Wildman–Crippen LogP) is 2.51.